The monoisotopic (exact) mass is 544 g/mol. The van der Waals surface area contributed by atoms with Crippen LogP contribution in [0.25, 0.3) is 0 Å². The van der Waals surface area contributed by atoms with E-state index in [0.717, 1.165) is 70.6 Å². The molecule has 0 radical (unpaired) electrons. The van der Waals surface area contributed by atoms with E-state index >= 15 is 0 Å². The van der Waals surface area contributed by atoms with Gasteiger partial charge in [0, 0.05) is 39.9 Å². The summed E-state index contributed by atoms with van der Waals surface area (Å²) in [6.45, 7) is 9.82. The first kappa shape index (κ1) is 26.4. The number of rotatable bonds is 10. The first-order chi connectivity index (χ1) is 14.7. The van der Waals surface area contributed by atoms with Crippen LogP contribution in [0.3, 0.4) is 0 Å². The molecule has 7 heteroatoms. The van der Waals surface area contributed by atoms with Crippen LogP contribution in [0.4, 0.5) is 0 Å². The molecule has 1 aromatic carbocycles. The Bertz CT molecular complexity index is 644. The number of ether oxygens (including phenoxy) is 2. The van der Waals surface area contributed by atoms with Gasteiger partial charge < -0.3 is 20.1 Å². The number of piperidine rings is 1. The second-order valence-electron chi connectivity index (χ2n) is 8.64. The molecule has 2 N–H and O–H groups in total. The highest BCUT2D eigenvalue weighted by Crippen LogP contribution is 2.19. The lowest BCUT2D eigenvalue weighted by atomic mass is 9.98. The summed E-state index contributed by atoms with van der Waals surface area (Å²) in [6.07, 6.45) is 6.19. The standard InChI is InChI=1S/C24H40N4O2.HI/c1-20-10-13-28(14-11-20)18-22-8-4-3-7-21(22)17-27-24(25-2)26-12-6-15-29-19-23-9-5-16-30-23;/h3-4,7-8,20,23H,5-6,9-19H2,1-2H3,(H2,25,26,27);1H. The van der Waals surface area contributed by atoms with Gasteiger partial charge >= 0.3 is 0 Å². The van der Waals surface area contributed by atoms with Crippen molar-refractivity contribution in [3.05, 3.63) is 35.4 Å². The van der Waals surface area contributed by atoms with E-state index in [2.05, 4.69) is 51.7 Å². The fourth-order valence-corrected chi connectivity index (χ4v) is 4.12. The number of aliphatic imine (C=N–C) groups is 1. The SMILES string of the molecule is CN=C(NCCCOCC1CCCO1)NCc1ccccc1CN1CCC(C)CC1.I. The van der Waals surface area contributed by atoms with E-state index in [9.17, 15) is 0 Å². The zero-order valence-corrected chi connectivity index (χ0v) is 21.6. The van der Waals surface area contributed by atoms with Crippen molar-refractivity contribution in [2.75, 3.05) is 46.5 Å². The molecule has 2 aliphatic heterocycles. The van der Waals surface area contributed by atoms with Crippen LogP contribution >= 0.6 is 24.0 Å². The number of nitrogens with zero attached hydrogens (tertiary/aromatic N) is 2. The Hall–Kier alpha value is -0.900. The third-order valence-corrected chi connectivity index (χ3v) is 6.14. The number of likely N-dealkylation sites (tertiary alicyclic amines) is 1. The number of guanidine groups is 1. The highest BCUT2D eigenvalue weighted by Gasteiger charge is 2.17. The summed E-state index contributed by atoms with van der Waals surface area (Å²) >= 11 is 0. The number of nitrogens with one attached hydrogen (secondary N) is 2. The van der Waals surface area contributed by atoms with Crippen molar-refractivity contribution < 1.29 is 9.47 Å². The molecule has 1 atom stereocenters. The average Bonchev–Trinajstić information content (AvgIpc) is 3.29. The van der Waals surface area contributed by atoms with Crippen LogP contribution in [0.1, 0.15) is 50.2 Å². The second kappa shape index (κ2) is 15.0. The smallest absolute Gasteiger partial charge is 0.191 e. The van der Waals surface area contributed by atoms with Gasteiger partial charge in [-0.25, -0.2) is 0 Å². The minimum absolute atomic E-state index is 0. The van der Waals surface area contributed by atoms with Crippen molar-refractivity contribution in [3.63, 3.8) is 0 Å². The molecule has 3 rings (SSSR count). The van der Waals surface area contributed by atoms with Gasteiger partial charge in [-0.3, -0.25) is 9.89 Å². The Morgan fingerprint density at radius 1 is 1.16 bits per heavy atom. The van der Waals surface area contributed by atoms with Gasteiger partial charge in [-0.1, -0.05) is 31.2 Å². The van der Waals surface area contributed by atoms with E-state index in [1.807, 2.05) is 7.05 Å². The van der Waals surface area contributed by atoms with Gasteiger partial charge in [0.2, 0.25) is 0 Å². The molecule has 2 fully saturated rings. The third kappa shape index (κ3) is 9.63. The van der Waals surface area contributed by atoms with E-state index in [1.165, 1.54) is 37.1 Å². The van der Waals surface area contributed by atoms with Gasteiger partial charge in [-0.15, -0.1) is 24.0 Å². The van der Waals surface area contributed by atoms with E-state index in [-0.39, 0.29) is 24.0 Å². The molecule has 6 nitrogen and oxygen atoms in total. The average molecular weight is 545 g/mol. The summed E-state index contributed by atoms with van der Waals surface area (Å²) < 4.78 is 11.3. The van der Waals surface area contributed by atoms with E-state index in [4.69, 9.17) is 9.47 Å². The summed E-state index contributed by atoms with van der Waals surface area (Å²) in [5, 5.41) is 6.86. The van der Waals surface area contributed by atoms with E-state index in [1.54, 1.807) is 0 Å². The molecule has 0 saturated carbocycles. The number of hydrogen-bond donors (Lipinski definition) is 2. The van der Waals surface area contributed by atoms with Crippen molar-refractivity contribution >= 4 is 29.9 Å². The Morgan fingerprint density at radius 2 is 1.94 bits per heavy atom. The summed E-state index contributed by atoms with van der Waals surface area (Å²) in [4.78, 5) is 6.95. The van der Waals surface area contributed by atoms with Crippen molar-refractivity contribution in [1.29, 1.82) is 0 Å². The molecule has 0 aliphatic carbocycles. The largest absolute Gasteiger partial charge is 0.379 e. The topological polar surface area (TPSA) is 58.1 Å². The van der Waals surface area contributed by atoms with Gasteiger partial charge in [-0.05, 0) is 62.2 Å². The Kier molecular flexibility index (Phi) is 12.8. The van der Waals surface area contributed by atoms with Crippen LogP contribution in [0, 0.1) is 5.92 Å². The molecule has 0 aromatic heterocycles. The molecule has 1 aromatic rings. The molecule has 31 heavy (non-hydrogen) atoms. The maximum Gasteiger partial charge on any atom is 0.191 e. The van der Waals surface area contributed by atoms with Gasteiger partial charge in [-0.2, -0.15) is 0 Å². The fraction of sp³-hybridized carbons (Fsp3) is 0.708. The van der Waals surface area contributed by atoms with Gasteiger partial charge in [0.05, 0.1) is 12.7 Å². The Labute approximate surface area is 205 Å². The third-order valence-electron chi connectivity index (χ3n) is 6.14. The maximum absolute atomic E-state index is 5.73. The van der Waals surface area contributed by atoms with Crippen molar-refractivity contribution in [3.8, 4) is 0 Å². The lowest BCUT2D eigenvalue weighted by Crippen LogP contribution is -2.38. The Morgan fingerprint density at radius 3 is 2.65 bits per heavy atom. The minimum Gasteiger partial charge on any atom is -0.379 e. The minimum atomic E-state index is 0. The molecule has 2 saturated heterocycles. The van der Waals surface area contributed by atoms with Gasteiger partial charge in [0.25, 0.3) is 0 Å². The molecule has 2 aliphatic rings. The van der Waals surface area contributed by atoms with Crippen LogP contribution in [-0.4, -0.2) is 63.5 Å². The quantitative estimate of drug-likeness (QED) is 0.203. The first-order valence-electron chi connectivity index (χ1n) is 11.7. The zero-order chi connectivity index (χ0) is 21.0. The van der Waals surface area contributed by atoms with Crippen LogP contribution in [0.5, 0.6) is 0 Å². The van der Waals surface area contributed by atoms with Crippen LogP contribution in [-0.2, 0) is 22.6 Å². The summed E-state index contributed by atoms with van der Waals surface area (Å²) in [5.41, 5.74) is 2.76. The van der Waals surface area contributed by atoms with Gasteiger partial charge in [0.1, 0.15) is 0 Å². The van der Waals surface area contributed by atoms with Gasteiger partial charge in [0.15, 0.2) is 5.96 Å². The molecule has 2 heterocycles. The van der Waals surface area contributed by atoms with E-state index in [0.29, 0.717) is 6.10 Å². The summed E-state index contributed by atoms with van der Waals surface area (Å²) in [7, 11) is 1.82. The molecule has 176 valence electrons. The highest BCUT2D eigenvalue weighted by molar-refractivity contribution is 14.0. The first-order valence-corrected chi connectivity index (χ1v) is 11.7. The summed E-state index contributed by atoms with van der Waals surface area (Å²) in [5.74, 6) is 1.71. The molecular formula is C24H41IN4O2. The second-order valence-corrected chi connectivity index (χ2v) is 8.64. The van der Waals surface area contributed by atoms with Crippen LogP contribution in [0.15, 0.2) is 29.3 Å². The molecular weight excluding hydrogens is 503 g/mol. The lowest BCUT2D eigenvalue weighted by molar-refractivity contribution is 0.0168. The molecule has 0 spiro atoms. The number of hydrogen-bond acceptors (Lipinski definition) is 4. The summed E-state index contributed by atoms with van der Waals surface area (Å²) in [6, 6.07) is 8.76. The van der Waals surface area contributed by atoms with Crippen molar-refractivity contribution in [1.82, 2.24) is 15.5 Å². The predicted molar refractivity (Wildman–Crippen MR) is 138 cm³/mol. The molecule has 0 bridgehead atoms. The fourth-order valence-electron chi connectivity index (χ4n) is 4.12. The zero-order valence-electron chi connectivity index (χ0n) is 19.3. The van der Waals surface area contributed by atoms with Crippen LogP contribution < -0.4 is 10.6 Å². The van der Waals surface area contributed by atoms with E-state index < -0.39 is 0 Å². The lowest BCUT2D eigenvalue weighted by Gasteiger charge is -2.30. The number of halogens is 1. The normalized spacial score (nSPS) is 20.5. The van der Waals surface area contributed by atoms with Crippen molar-refractivity contribution in [2.24, 2.45) is 10.9 Å². The Balaban J connectivity index is 0.00000341. The van der Waals surface area contributed by atoms with Crippen LogP contribution in [0.2, 0.25) is 0 Å². The molecule has 1 unspecified atom stereocenters. The number of benzene rings is 1. The molecule has 0 amide bonds. The van der Waals surface area contributed by atoms with Crippen molar-refractivity contribution in [2.45, 2.75) is 58.2 Å². The highest BCUT2D eigenvalue weighted by atomic mass is 127. The maximum atomic E-state index is 5.73. The predicted octanol–water partition coefficient (Wildman–Crippen LogP) is 3.79.